The van der Waals surface area contributed by atoms with Gasteiger partial charge in [0.2, 0.25) is 0 Å². The largest absolute Gasteiger partial charge is 0.495 e. The Morgan fingerprint density at radius 2 is 1.95 bits per heavy atom. The van der Waals surface area contributed by atoms with E-state index in [-0.39, 0.29) is 5.97 Å². The van der Waals surface area contributed by atoms with Crippen molar-refractivity contribution in [3.8, 4) is 5.75 Å². The third-order valence-electron chi connectivity index (χ3n) is 4.73. The Morgan fingerprint density at radius 3 is 2.57 bits per heavy atom. The highest BCUT2D eigenvalue weighted by Crippen LogP contribution is 2.40. The second-order valence-electron chi connectivity index (χ2n) is 6.10. The predicted octanol–water partition coefficient (Wildman–Crippen LogP) is 3.48. The number of esters is 1. The molecule has 21 heavy (non-hydrogen) atoms. The van der Waals surface area contributed by atoms with Gasteiger partial charge in [0.25, 0.3) is 0 Å². The molecule has 4 nitrogen and oxygen atoms in total. The lowest BCUT2D eigenvalue weighted by Crippen LogP contribution is -2.51. The smallest absolute Gasteiger partial charge is 0.331 e. The summed E-state index contributed by atoms with van der Waals surface area (Å²) in [6.07, 6.45) is 2.57. The third kappa shape index (κ3) is 3.14. The summed E-state index contributed by atoms with van der Waals surface area (Å²) in [6.45, 7) is 4.44. The van der Waals surface area contributed by atoms with Gasteiger partial charge in [0.15, 0.2) is 0 Å². The second-order valence-corrected chi connectivity index (χ2v) is 6.10. The van der Waals surface area contributed by atoms with Crippen LogP contribution in [-0.2, 0) is 9.53 Å². The molecule has 1 aliphatic carbocycles. The maximum Gasteiger partial charge on any atom is 0.331 e. The van der Waals surface area contributed by atoms with E-state index in [0.29, 0.717) is 11.8 Å². The molecule has 0 radical (unpaired) electrons. The van der Waals surface area contributed by atoms with E-state index in [1.54, 1.807) is 7.11 Å². The van der Waals surface area contributed by atoms with E-state index in [0.717, 1.165) is 30.7 Å². The molecule has 0 bridgehead atoms. The minimum absolute atomic E-state index is 0.188. The molecule has 0 aromatic heterocycles. The lowest BCUT2D eigenvalue weighted by Gasteiger charge is -2.41. The van der Waals surface area contributed by atoms with Gasteiger partial charge in [-0.1, -0.05) is 26.0 Å². The van der Waals surface area contributed by atoms with Crippen molar-refractivity contribution < 1.29 is 14.3 Å². The van der Waals surface area contributed by atoms with Crippen molar-refractivity contribution in [3.05, 3.63) is 24.3 Å². The van der Waals surface area contributed by atoms with Crippen molar-refractivity contribution in [1.82, 2.24) is 0 Å². The molecule has 1 fully saturated rings. The summed E-state index contributed by atoms with van der Waals surface area (Å²) >= 11 is 0. The van der Waals surface area contributed by atoms with Gasteiger partial charge in [-0.15, -0.1) is 0 Å². The number of anilines is 1. The zero-order chi connectivity index (χ0) is 15.5. The first-order chi connectivity index (χ1) is 10.0. The monoisotopic (exact) mass is 291 g/mol. The van der Waals surface area contributed by atoms with Gasteiger partial charge < -0.3 is 14.8 Å². The highest BCUT2D eigenvalue weighted by Gasteiger charge is 2.45. The molecule has 3 atom stereocenters. The van der Waals surface area contributed by atoms with E-state index >= 15 is 0 Å². The Labute approximate surface area is 126 Å². The molecule has 1 aromatic rings. The molecule has 0 saturated heterocycles. The Bertz CT molecular complexity index is 503. The zero-order valence-electron chi connectivity index (χ0n) is 13.3. The maximum absolute atomic E-state index is 12.4. The number of carbonyl (C=O) groups is 1. The molecule has 1 saturated carbocycles. The Morgan fingerprint density at radius 1 is 1.24 bits per heavy atom. The Kier molecular flexibility index (Phi) is 4.76. The molecular weight excluding hydrogens is 266 g/mol. The van der Waals surface area contributed by atoms with Crippen LogP contribution < -0.4 is 10.1 Å². The zero-order valence-corrected chi connectivity index (χ0v) is 13.3. The van der Waals surface area contributed by atoms with Crippen LogP contribution in [0.15, 0.2) is 24.3 Å². The number of ether oxygens (including phenoxy) is 2. The van der Waals surface area contributed by atoms with Crippen molar-refractivity contribution >= 4 is 11.7 Å². The van der Waals surface area contributed by atoms with Crippen LogP contribution in [0.5, 0.6) is 5.75 Å². The second kappa shape index (κ2) is 6.37. The average Bonchev–Trinajstić information content (AvgIpc) is 2.50. The minimum Gasteiger partial charge on any atom is -0.495 e. The first kappa shape index (κ1) is 15.7. The summed E-state index contributed by atoms with van der Waals surface area (Å²) in [7, 11) is 3.09. The number of nitrogens with one attached hydrogen (secondary N) is 1. The molecule has 116 valence electrons. The number of rotatable bonds is 4. The van der Waals surface area contributed by atoms with Gasteiger partial charge in [0.05, 0.1) is 19.9 Å². The predicted molar refractivity (Wildman–Crippen MR) is 83.5 cm³/mol. The molecule has 1 aliphatic rings. The number of para-hydroxylation sites is 2. The molecule has 0 aliphatic heterocycles. The standard InChI is InChI=1S/C17H25NO3/c1-12-9-10-17(11-13(12)2,16(19)21-4)18-14-7-5-6-8-15(14)20-3/h5-8,12-13,18H,9-11H2,1-4H3. The van der Waals surface area contributed by atoms with Crippen LogP contribution in [-0.4, -0.2) is 25.7 Å². The molecule has 4 heteroatoms. The normalized spacial score (nSPS) is 28.8. The molecule has 0 amide bonds. The van der Waals surface area contributed by atoms with Crippen LogP contribution in [0, 0.1) is 11.8 Å². The Balaban J connectivity index is 2.31. The molecular formula is C17H25NO3. The van der Waals surface area contributed by atoms with Crippen molar-refractivity contribution in [1.29, 1.82) is 0 Å². The number of hydrogen-bond donors (Lipinski definition) is 1. The van der Waals surface area contributed by atoms with Crippen molar-refractivity contribution in [2.45, 2.75) is 38.6 Å². The third-order valence-corrected chi connectivity index (χ3v) is 4.73. The number of methoxy groups -OCH3 is 2. The van der Waals surface area contributed by atoms with Gasteiger partial charge in [-0.2, -0.15) is 0 Å². The van der Waals surface area contributed by atoms with E-state index in [2.05, 4.69) is 19.2 Å². The summed E-state index contributed by atoms with van der Waals surface area (Å²) in [6, 6.07) is 7.68. The van der Waals surface area contributed by atoms with Crippen LogP contribution in [0.2, 0.25) is 0 Å². The molecule has 0 heterocycles. The van der Waals surface area contributed by atoms with Gasteiger partial charge >= 0.3 is 5.97 Å². The molecule has 3 unspecified atom stereocenters. The lowest BCUT2D eigenvalue weighted by atomic mass is 9.71. The minimum atomic E-state index is -0.657. The van der Waals surface area contributed by atoms with Crippen molar-refractivity contribution in [2.75, 3.05) is 19.5 Å². The topological polar surface area (TPSA) is 47.6 Å². The van der Waals surface area contributed by atoms with Crippen LogP contribution in [0.4, 0.5) is 5.69 Å². The van der Waals surface area contributed by atoms with E-state index < -0.39 is 5.54 Å². The summed E-state index contributed by atoms with van der Waals surface area (Å²) in [4.78, 5) is 12.4. The quantitative estimate of drug-likeness (QED) is 0.863. The fourth-order valence-electron chi connectivity index (χ4n) is 3.16. The Hall–Kier alpha value is -1.71. The van der Waals surface area contributed by atoms with Gasteiger partial charge in [-0.05, 0) is 43.2 Å². The van der Waals surface area contributed by atoms with Gasteiger partial charge in [-0.25, -0.2) is 4.79 Å². The van der Waals surface area contributed by atoms with E-state index in [1.165, 1.54) is 7.11 Å². The molecule has 2 rings (SSSR count). The van der Waals surface area contributed by atoms with Crippen molar-refractivity contribution in [3.63, 3.8) is 0 Å². The summed E-state index contributed by atoms with van der Waals surface area (Å²) < 4.78 is 10.5. The van der Waals surface area contributed by atoms with Gasteiger partial charge in [0, 0.05) is 0 Å². The SMILES string of the molecule is COC(=O)C1(Nc2ccccc2OC)CCC(C)C(C)C1. The number of hydrogen-bond acceptors (Lipinski definition) is 4. The number of carbonyl (C=O) groups excluding carboxylic acids is 1. The summed E-state index contributed by atoms with van der Waals surface area (Å²) in [5.41, 5.74) is 0.183. The van der Waals surface area contributed by atoms with Crippen LogP contribution in [0.25, 0.3) is 0 Å². The van der Waals surface area contributed by atoms with E-state index in [4.69, 9.17) is 9.47 Å². The highest BCUT2D eigenvalue weighted by atomic mass is 16.5. The fourth-order valence-corrected chi connectivity index (χ4v) is 3.16. The molecule has 1 N–H and O–H groups in total. The van der Waals surface area contributed by atoms with Crippen LogP contribution >= 0.6 is 0 Å². The summed E-state index contributed by atoms with van der Waals surface area (Å²) in [5, 5.41) is 3.42. The van der Waals surface area contributed by atoms with Gasteiger partial charge in [0.1, 0.15) is 11.3 Å². The maximum atomic E-state index is 12.4. The number of benzene rings is 1. The lowest BCUT2D eigenvalue weighted by molar-refractivity contribution is -0.148. The first-order valence-electron chi connectivity index (χ1n) is 7.52. The first-order valence-corrected chi connectivity index (χ1v) is 7.52. The highest BCUT2D eigenvalue weighted by molar-refractivity contribution is 5.85. The van der Waals surface area contributed by atoms with Crippen molar-refractivity contribution in [2.24, 2.45) is 11.8 Å². The van der Waals surface area contributed by atoms with E-state index in [9.17, 15) is 4.79 Å². The van der Waals surface area contributed by atoms with E-state index in [1.807, 2.05) is 24.3 Å². The molecule has 1 aromatic carbocycles. The van der Waals surface area contributed by atoms with Crippen LogP contribution in [0.1, 0.15) is 33.1 Å². The fraction of sp³-hybridized carbons (Fsp3) is 0.588. The average molecular weight is 291 g/mol. The van der Waals surface area contributed by atoms with Gasteiger partial charge in [-0.3, -0.25) is 0 Å². The summed E-state index contributed by atoms with van der Waals surface area (Å²) in [5.74, 6) is 1.65. The molecule has 0 spiro atoms. The van der Waals surface area contributed by atoms with Crippen LogP contribution in [0.3, 0.4) is 0 Å².